The zero-order chi connectivity index (χ0) is 17.8. The van der Waals surface area contributed by atoms with E-state index in [0.717, 1.165) is 0 Å². The van der Waals surface area contributed by atoms with E-state index in [9.17, 15) is 10.1 Å². The van der Waals surface area contributed by atoms with Gasteiger partial charge in [-0.05, 0) is 31.0 Å². The summed E-state index contributed by atoms with van der Waals surface area (Å²) >= 11 is 0. The third-order valence-corrected chi connectivity index (χ3v) is 3.91. The molecule has 1 unspecified atom stereocenters. The Bertz CT molecular complexity index is 885. The first-order valence-corrected chi connectivity index (χ1v) is 8.02. The number of furan rings is 1. The van der Waals surface area contributed by atoms with Gasteiger partial charge >= 0.3 is 0 Å². The second-order valence-corrected chi connectivity index (χ2v) is 5.96. The molecule has 1 amide bonds. The highest BCUT2D eigenvalue weighted by molar-refractivity contribution is 5.98. The molecule has 0 aliphatic carbocycles. The fourth-order valence-electron chi connectivity index (χ4n) is 2.71. The molecular formula is C18H19N5O2. The molecule has 0 aromatic carbocycles. The second-order valence-electron chi connectivity index (χ2n) is 5.96. The Hall–Kier alpha value is -3.27. The van der Waals surface area contributed by atoms with Crippen LogP contribution in [0.15, 0.2) is 47.4 Å². The molecule has 7 heteroatoms. The molecule has 0 radical (unpaired) electrons. The van der Waals surface area contributed by atoms with Crippen LogP contribution in [-0.4, -0.2) is 26.8 Å². The van der Waals surface area contributed by atoms with Gasteiger partial charge in [0, 0.05) is 37.9 Å². The molecule has 3 heterocycles. The summed E-state index contributed by atoms with van der Waals surface area (Å²) in [5.41, 5.74) is 0.531. The van der Waals surface area contributed by atoms with Crippen LogP contribution in [0.2, 0.25) is 0 Å². The molecule has 0 aliphatic heterocycles. The van der Waals surface area contributed by atoms with E-state index in [1.165, 1.54) is 0 Å². The number of aryl methyl sites for hydroxylation is 1. The van der Waals surface area contributed by atoms with Crippen molar-refractivity contribution < 1.29 is 9.21 Å². The van der Waals surface area contributed by atoms with Crippen molar-refractivity contribution in [1.82, 2.24) is 19.7 Å². The minimum Gasteiger partial charge on any atom is -0.443 e. The van der Waals surface area contributed by atoms with E-state index in [1.807, 2.05) is 36.0 Å². The summed E-state index contributed by atoms with van der Waals surface area (Å²) in [4.78, 5) is 12.6. The van der Waals surface area contributed by atoms with Crippen LogP contribution >= 0.6 is 0 Å². The molecule has 7 nitrogen and oxygen atoms in total. The predicted molar refractivity (Wildman–Crippen MR) is 91.2 cm³/mol. The highest BCUT2D eigenvalue weighted by Crippen LogP contribution is 2.25. The molecule has 25 heavy (non-hydrogen) atoms. The van der Waals surface area contributed by atoms with E-state index in [4.69, 9.17) is 4.42 Å². The lowest BCUT2D eigenvalue weighted by Gasteiger charge is -2.12. The number of amides is 1. The average molecular weight is 337 g/mol. The Morgan fingerprint density at radius 2 is 2.12 bits per heavy atom. The van der Waals surface area contributed by atoms with Crippen molar-refractivity contribution in [2.75, 3.05) is 6.54 Å². The molecule has 0 fully saturated rings. The average Bonchev–Trinajstić information content (AvgIpc) is 3.32. The lowest BCUT2D eigenvalue weighted by Crippen LogP contribution is -2.30. The molecule has 0 aliphatic rings. The summed E-state index contributed by atoms with van der Waals surface area (Å²) in [6.07, 6.45) is 7.15. The van der Waals surface area contributed by atoms with E-state index in [-0.39, 0.29) is 23.0 Å². The van der Waals surface area contributed by atoms with E-state index in [0.29, 0.717) is 24.7 Å². The van der Waals surface area contributed by atoms with Crippen LogP contribution in [0, 0.1) is 24.2 Å². The number of rotatable bonds is 6. The minimum atomic E-state index is -0.302. The maximum atomic E-state index is 12.6. The number of carbonyl (C=O) groups excluding carboxylic acids is 1. The van der Waals surface area contributed by atoms with E-state index >= 15 is 0 Å². The van der Waals surface area contributed by atoms with Gasteiger partial charge in [-0.25, -0.2) is 0 Å². The standard InChI is InChI=1S/C18H19N5O2/c1-13(12-23-9-5-6-21-23)11-20-17(24)16-14(2)25-18(15(16)10-19)22-7-3-4-8-22/h3-9,13H,11-12H2,1-2H3,(H,20,24). The SMILES string of the molecule is Cc1oc(-n2cccc2)c(C#N)c1C(=O)NCC(C)Cn1cccn1. The van der Waals surface area contributed by atoms with Gasteiger partial charge in [0.15, 0.2) is 0 Å². The molecular weight excluding hydrogens is 318 g/mol. The van der Waals surface area contributed by atoms with Gasteiger partial charge in [-0.2, -0.15) is 10.4 Å². The normalized spacial score (nSPS) is 11.9. The Morgan fingerprint density at radius 1 is 1.36 bits per heavy atom. The highest BCUT2D eigenvalue weighted by atomic mass is 16.4. The van der Waals surface area contributed by atoms with Crippen LogP contribution in [-0.2, 0) is 6.54 Å². The van der Waals surface area contributed by atoms with Gasteiger partial charge in [0.1, 0.15) is 23.0 Å². The summed E-state index contributed by atoms with van der Waals surface area (Å²) < 4.78 is 9.17. The summed E-state index contributed by atoms with van der Waals surface area (Å²) in [5.74, 6) is 0.686. The van der Waals surface area contributed by atoms with Crippen LogP contribution in [0.5, 0.6) is 0 Å². The molecule has 1 atom stereocenters. The van der Waals surface area contributed by atoms with Gasteiger partial charge in [-0.1, -0.05) is 6.92 Å². The molecule has 1 N–H and O–H groups in total. The quantitative estimate of drug-likeness (QED) is 0.748. The molecule has 0 bridgehead atoms. The molecule has 0 saturated carbocycles. The Balaban J connectivity index is 1.73. The predicted octanol–water partition coefficient (Wildman–Crippen LogP) is 2.51. The third kappa shape index (κ3) is 3.48. The van der Waals surface area contributed by atoms with E-state index < -0.39 is 0 Å². The van der Waals surface area contributed by atoms with Crippen molar-refractivity contribution >= 4 is 5.91 Å². The van der Waals surface area contributed by atoms with Crippen molar-refractivity contribution in [3.63, 3.8) is 0 Å². The number of carbonyl (C=O) groups is 1. The lowest BCUT2D eigenvalue weighted by atomic mass is 10.1. The number of aromatic nitrogens is 3. The highest BCUT2D eigenvalue weighted by Gasteiger charge is 2.24. The zero-order valence-electron chi connectivity index (χ0n) is 14.1. The van der Waals surface area contributed by atoms with Crippen LogP contribution in [0.3, 0.4) is 0 Å². The van der Waals surface area contributed by atoms with Gasteiger partial charge in [-0.3, -0.25) is 14.0 Å². The molecule has 0 spiro atoms. The smallest absolute Gasteiger partial charge is 0.256 e. The van der Waals surface area contributed by atoms with Gasteiger partial charge in [0.25, 0.3) is 5.91 Å². The lowest BCUT2D eigenvalue weighted by molar-refractivity contribution is 0.0945. The first kappa shape index (κ1) is 16.6. The van der Waals surface area contributed by atoms with E-state index in [2.05, 4.69) is 16.5 Å². The maximum Gasteiger partial charge on any atom is 0.256 e. The number of nitriles is 1. The van der Waals surface area contributed by atoms with E-state index in [1.54, 1.807) is 30.1 Å². The first-order chi connectivity index (χ1) is 12.1. The Morgan fingerprint density at radius 3 is 2.76 bits per heavy atom. The summed E-state index contributed by atoms with van der Waals surface area (Å²) in [7, 11) is 0. The minimum absolute atomic E-state index is 0.200. The molecule has 0 saturated heterocycles. The topological polar surface area (TPSA) is 88.8 Å². The zero-order valence-corrected chi connectivity index (χ0v) is 14.1. The number of nitrogens with one attached hydrogen (secondary N) is 1. The fourth-order valence-corrected chi connectivity index (χ4v) is 2.71. The number of hydrogen-bond donors (Lipinski definition) is 1. The summed E-state index contributed by atoms with van der Waals surface area (Å²) in [6, 6.07) is 7.61. The molecule has 3 rings (SSSR count). The van der Waals surface area contributed by atoms with Crippen molar-refractivity contribution in [1.29, 1.82) is 5.26 Å². The fraction of sp³-hybridized carbons (Fsp3) is 0.278. The second kappa shape index (κ2) is 7.09. The number of nitrogens with zero attached hydrogens (tertiary/aromatic N) is 4. The Kier molecular flexibility index (Phi) is 4.70. The first-order valence-electron chi connectivity index (χ1n) is 8.02. The van der Waals surface area contributed by atoms with Gasteiger partial charge in [0.2, 0.25) is 5.88 Å². The maximum absolute atomic E-state index is 12.6. The van der Waals surface area contributed by atoms with Crippen LogP contribution in [0.25, 0.3) is 5.88 Å². The summed E-state index contributed by atoms with van der Waals surface area (Å²) in [6.45, 7) is 4.90. The molecule has 3 aromatic heterocycles. The van der Waals surface area contributed by atoms with Crippen molar-refractivity contribution in [2.24, 2.45) is 5.92 Å². The van der Waals surface area contributed by atoms with Crippen LogP contribution < -0.4 is 5.32 Å². The van der Waals surface area contributed by atoms with Crippen LogP contribution in [0.4, 0.5) is 0 Å². The van der Waals surface area contributed by atoms with Gasteiger partial charge in [-0.15, -0.1) is 0 Å². The van der Waals surface area contributed by atoms with Gasteiger partial charge < -0.3 is 9.73 Å². The Labute approximate surface area is 145 Å². The third-order valence-electron chi connectivity index (χ3n) is 3.91. The molecule has 128 valence electrons. The number of hydrogen-bond acceptors (Lipinski definition) is 4. The van der Waals surface area contributed by atoms with Crippen LogP contribution in [0.1, 0.15) is 28.6 Å². The van der Waals surface area contributed by atoms with Crippen molar-refractivity contribution in [3.8, 4) is 12.0 Å². The summed E-state index contributed by atoms with van der Waals surface area (Å²) in [5, 5.41) is 16.5. The molecule has 3 aromatic rings. The largest absolute Gasteiger partial charge is 0.443 e. The van der Waals surface area contributed by atoms with Crippen molar-refractivity contribution in [2.45, 2.75) is 20.4 Å². The monoisotopic (exact) mass is 337 g/mol. The van der Waals surface area contributed by atoms with Gasteiger partial charge in [0.05, 0.1) is 0 Å². The van der Waals surface area contributed by atoms with Crippen molar-refractivity contribution in [3.05, 3.63) is 59.9 Å².